The summed E-state index contributed by atoms with van der Waals surface area (Å²) in [6, 6.07) is 6.74. The van der Waals surface area contributed by atoms with Crippen molar-refractivity contribution in [2.24, 2.45) is 0 Å². The van der Waals surface area contributed by atoms with Crippen LogP contribution < -0.4 is 5.32 Å². The highest BCUT2D eigenvalue weighted by atomic mass is 32.1. The maximum absolute atomic E-state index is 13.8. The summed E-state index contributed by atoms with van der Waals surface area (Å²) in [6.07, 6.45) is 0. The second-order valence-electron chi connectivity index (χ2n) is 4.07. The molecule has 1 aromatic heterocycles. The largest absolute Gasteiger partial charge is 0.308 e. The third-order valence-corrected chi connectivity index (χ3v) is 3.70. The van der Waals surface area contributed by atoms with Gasteiger partial charge in [-0.25, -0.2) is 4.39 Å². The fourth-order valence-corrected chi connectivity index (χ4v) is 2.56. The molecule has 0 unspecified atom stereocenters. The third kappa shape index (κ3) is 2.76. The van der Waals surface area contributed by atoms with Crippen molar-refractivity contribution in [1.29, 1.82) is 5.26 Å². The van der Waals surface area contributed by atoms with E-state index in [1.54, 1.807) is 23.5 Å². The smallest absolute Gasteiger partial charge is 0.145 e. The molecular formula is C14H13FN2S. The first-order chi connectivity index (χ1) is 8.72. The van der Waals surface area contributed by atoms with E-state index in [1.807, 2.05) is 6.07 Å². The van der Waals surface area contributed by atoms with E-state index in [-0.39, 0.29) is 5.56 Å². The second-order valence-corrected chi connectivity index (χ2v) is 4.82. The molecular weight excluding hydrogens is 247 g/mol. The predicted molar refractivity (Wildman–Crippen MR) is 70.7 cm³/mol. The van der Waals surface area contributed by atoms with Gasteiger partial charge in [0.1, 0.15) is 11.9 Å². The van der Waals surface area contributed by atoms with Crippen LogP contribution in [-0.2, 0) is 13.1 Å². The van der Waals surface area contributed by atoms with E-state index >= 15 is 0 Å². The fourth-order valence-electron chi connectivity index (χ4n) is 1.70. The molecule has 1 aromatic carbocycles. The van der Waals surface area contributed by atoms with Crippen LogP contribution in [0.2, 0.25) is 0 Å². The van der Waals surface area contributed by atoms with Crippen molar-refractivity contribution in [3.05, 3.63) is 57.0 Å². The van der Waals surface area contributed by atoms with Gasteiger partial charge in [-0.2, -0.15) is 16.6 Å². The first kappa shape index (κ1) is 12.7. The van der Waals surface area contributed by atoms with Gasteiger partial charge in [0.15, 0.2) is 0 Å². The molecule has 1 N–H and O–H groups in total. The number of nitrogens with one attached hydrogen (secondary N) is 1. The molecule has 0 aliphatic carbocycles. The van der Waals surface area contributed by atoms with E-state index in [4.69, 9.17) is 5.26 Å². The standard InChI is InChI=1S/C14H13FN2S/c1-10-8-18-9-13(10)7-17-6-12-4-2-3-11(5-16)14(12)15/h2-4,8-9,17H,6-7H2,1H3. The van der Waals surface area contributed by atoms with Gasteiger partial charge < -0.3 is 5.32 Å². The lowest BCUT2D eigenvalue weighted by atomic mass is 10.1. The molecule has 0 bridgehead atoms. The molecule has 0 saturated carbocycles. The average molecular weight is 260 g/mol. The van der Waals surface area contributed by atoms with Gasteiger partial charge in [-0.1, -0.05) is 12.1 Å². The first-order valence-corrected chi connectivity index (χ1v) is 6.56. The van der Waals surface area contributed by atoms with Crippen LogP contribution >= 0.6 is 11.3 Å². The molecule has 0 aliphatic heterocycles. The van der Waals surface area contributed by atoms with Gasteiger partial charge in [-0.3, -0.25) is 0 Å². The van der Waals surface area contributed by atoms with E-state index in [0.29, 0.717) is 18.7 Å². The SMILES string of the molecule is Cc1cscc1CNCc1cccc(C#N)c1F. The van der Waals surface area contributed by atoms with Crippen molar-refractivity contribution < 1.29 is 4.39 Å². The molecule has 0 amide bonds. The molecule has 2 rings (SSSR count). The van der Waals surface area contributed by atoms with Gasteiger partial charge in [0.05, 0.1) is 5.56 Å². The molecule has 2 aromatic rings. The molecule has 0 spiro atoms. The Morgan fingerprint density at radius 2 is 2.06 bits per heavy atom. The first-order valence-electron chi connectivity index (χ1n) is 5.62. The number of hydrogen-bond donors (Lipinski definition) is 1. The Morgan fingerprint density at radius 3 is 2.72 bits per heavy atom. The minimum atomic E-state index is -0.422. The number of nitrogens with zero attached hydrogens (tertiary/aromatic N) is 1. The van der Waals surface area contributed by atoms with Gasteiger partial charge in [-0.05, 0) is 34.9 Å². The molecule has 0 saturated heterocycles. The normalized spacial score (nSPS) is 10.3. The Kier molecular flexibility index (Phi) is 4.08. The minimum Gasteiger partial charge on any atom is -0.308 e. The zero-order valence-electron chi connectivity index (χ0n) is 10.0. The minimum absolute atomic E-state index is 0.0982. The maximum Gasteiger partial charge on any atom is 0.145 e. The molecule has 0 fully saturated rings. The Balaban J connectivity index is 1.99. The summed E-state index contributed by atoms with van der Waals surface area (Å²) in [5.74, 6) is -0.422. The summed E-state index contributed by atoms with van der Waals surface area (Å²) in [4.78, 5) is 0. The van der Waals surface area contributed by atoms with Crippen LogP contribution in [0.4, 0.5) is 4.39 Å². The number of hydrogen-bond acceptors (Lipinski definition) is 3. The van der Waals surface area contributed by atoms with Crippen molar-refractivity contribution in [2.45, 2.75) is 20.0 Å². The maximum atomic E-state index is 13.8. The van der Waals surface area contributed by atoms with E-state index in [9.17, 15) is 4.39 Å². The lowest BCUT2D eigenvalue weighted by Gasteiger charge is -2.06. The third-order valence-electron chi connectivity index (χ3n) is 2.79. The number of nitriles is 1. The summed E-state index contributed by atoms with van der Waals surface area (Å²) in [5, 5.41) is 16.1. The van der Waals surface area contributed by atoms with Gasteiger partial charge in [-0.15, -0.1) is 0 Å². The van der Waals surface area contributed by atoms with Gasteiger partial charge in [0, 0.05) is 18.7 Å². The fraction of sp³-hybridized carbons (Fsp3) is 0.214. The molecule has 0 radical (unpaired) electrons. The zero-order chi connectivity index (χ0) is 13.0. The summed E-state index contributed by atoms with van der Waals surface area (Å²) >= 11 is 1.66. The van der Waals surface area contributed by atoms with Crippen molar-refractivity contribution in [3.63, 3.8) is 0 Å². The van der Waals surface area contributed by atoms with Crippen molar-refractivity contribution in [1.82, 2.24) is 5.32 Å². The van der Waals surface area contributed by atoms with E-state index < -0.39 is 5.82 Å². The number of halogens is 1. The van der Waals surface area contributed by atoms with Crippen LogP contribution in [0.1, 0.15) is 22.3 Å². The van der Waals surface area contributed by atoms with Crippen LogP contribution in [0.15, 0.2) is 29.0 Å². The predicted octanol–water partition coefficient (Wildman–Crippen LogP) is 3.36. The van der Waals surface area contributed by atoms with Crippen LogP contribution in [0, 0.1) is 24.1 Å². The van der Waals surface area contributed by atoms with E-state index in [1.165, 1.54) is 17.2 Å². The Morgan fingerprint density at radius 1 is 1.28 bits per heavy atom. The average Bonchev–Trinajstić information content (AvgIpc) is 2.77. The molecule has 4 heteroatoms. The second kappa shape index (κ2) is 5.76. The zero-order valence-corrected chi connectivity index (χ0v) is 10.9. The van der Waals surface area contributed by atoms with Crippen LogP contribution in [0.3, 0.4) is 0 Å². The Hall–Kier alpha value is -1.70. The Labute approximate surface area is 110 Å². The highest BCUT2D eigenvalue weighted by molar-refractivity contribution is 7.08. The highest BCUT2D eigenvalue weighted by Gasteiger charge is 2.07. The van der Waals surface area contributed by atoms with Gasteiger partial charge in [0.2, 0.25) is 0 Å². The highest BCUT2D eigenvalue weighted by Crippen LogP contribution is 2.15. The molecule has 1 heterocycles. The van der Waals surface area contributed by atoms with Crippen molar-refractivity contribution >= 4 is 11.3 Å². The van der Waals surface area contributed by atoms with Gasteiger partial charge >= 0.3 is 0 Å². The van der Waals surface area contributed by atoms with Crippen molar-refractivity contribution in [3.8, 4) is 6.07 Å². The number of rotatable bonds is 4. The molecule has 2 nitrogen and oxygen atoms in total. The monoisotopic (exact) mass is 260 g/mol. The molecule has 92 valence electrons. The quantitative estimate of drug-likeness (QED) is 0.915. The molecule has 18 heavy (non-hydrogen) atoms. The number of aryl methyl sites for hydroxylation is 1. The van der Waals surface area contributed by atoms with Crippen LogP contribution in [-0.4, -0.2) is 0 Å². The summed E-state index contributed by atoms with van der Waals surface area (Å²) < 4.78 is 13.8. The van der Waals surface area contributed by atoms with Gasteiger partial charge in [0.25, 0.3) is 0 Å². The summed E-state index contributed by atoms with van der Waals surface area (Å²) in [5.41, 5.74) is 3.11. The number of thiophene rings is 1. The van der Waals surface area contributed by atoms with Crippen LogP contribution in [0.25, 0.3) is 0 Å². The lowest BCUT2D eigenvalue weighted by molar-refractivity contribution is 0.585. The molecule has 0 aliphatic rings. The topological polar surface area (TPSA) is 35.8 Å². The van der Waals surface area contributed by atoms with Crippen molar-refractivity contribution in [2.75, 3.05) is 0 Å². The molecule has 0 atom stereocenters. The Bertz CT molecular complexity index is 584. The summed E-state index contributed by atoms with van der Waals surface area (Å²) in [6.45, 7) is 3.20. The number of benzene rings is 1. The van der Waals surface area contributed by atoms with Crippen LogP contribution in [0.5, 0.6) is 0 Å². The summed E-state index contributed by atoms with van der Waals surface area (Å²) in [7, 11) is 0. The van der Waals surface area contributed by atoms with E-state index in [2.05, 4.69) is 23.0 Å². The van der Waals surface area contributed by atoms with E-state index in [0.717, 1.165) is 0 Å². The lowest BCUT2D eigenvalue weighted by Crippen LogP contribution is -2.14.